The van der Waals surface area contributed by atoms with Gasteiger partial charge in [-0.15, -0.1) is 0 Å². The predicted molar refractivity (Wildman–Crippen MR) is 84.7 cm³/mol. The standard InChI is InChI=1S/C16H34N2O2/c1-3-4-5-6-7-8-9-10-11-12-13-18(15(2)17)14-16(19)20/h15H,3-14,17H2,1-2H3,(H,19,20). The van der Waals surface area contributed by atoms with Crippen LogP contribution in [0.15, 0.2) is 0 Å². The third kappa shape index (κ3) is 12.4. The summed E-state index contributed by atoms with van der Waals surface area (Å²) in [5.74, 6) is -0.797. The highest BCUT2D eigenvalue weighted by Crippen LogP contribution is 2.11. The lowest BCUT2D eigenvalue weighted by molar-refractivity contribution is -0.138. The van der Waals surface area contributed by atoms with E-state index < -0.39 is 5.97 Å². The van der Waals surface area contributed by atoms with Gasteiger partial charge in [-0.1, -0.05) is 64.7 Å². The molecule has 0 bridgehead atoms. The molecule has 4 nitrogen and oxygen atoms in total. The highest BCUT2D eigenvalue weighted by atomic mass is 16.4. The summed E-state index contributed by atoms with van der Waals surface area (Å²) in [5.41, 5.74) is 5.77. The van der Waals surface area contributed by atoms with E-state index in [1.807, 2.05) is 11.8 Å². The van der Waals surface area contributed by atoms with Crippen molar-refractivity contribution in [1.82, 2.24) is 4.90 Å². The van der Waals surface area contributed by atoms with E-state index in [2.05, 4.69) is 6.92 Å². The second-order valence-electron chi connectivity index (χ2n) is 5.79. The van der Waals surface area contributed by atoms with Crippen molar-refractivity contribution in [3.8, 4) is 0 Å². The molecule has 0 aromatic heterocycles. The second-order valence-corrected chi connectivity index (χ2v) is 5.79. The molecule has 0 saturated heterocycles. The van der Waals surface area contributed by atoms with Gasteiger partial charge in [-0.2, -0.15) is 0 Å². The Kier molecular flexibility index (Phi) is 13.0. The first-order valence-corrected chi connectivity index (χ1v) is 8.29. The normalized spacial score (nSPS) is 12.8. The lowest BCUT2D eigenvalue weighted by Gasteiger charge is -2.24. The number of carbonyl (C=O) groups is 1. The van der Waals surface area contributed by atoms with Crippen LogP contribution < -0.4 is 5.73 Å². The van der Waals surface area contributed by atoms with Crippen molar-refractivity contribution in [2.45, 2.75) is 84.2 Å². The molecule has 0 amide bonds. The Hall–Kier alpha value is -0.610. The molecule has 0 heterocycles. The first-order chi connectivity index (χ1) is 9.57. The van der Waals surface area contributed by atoms with Gasteiger partial charge < -0.3 is 10.8 Å². The van der Waals surface area contributed by atoms with Gasteiger partial charge >= 0.3 is 5.97 Å². The molecule has 0 aliphatic heterocycles. The molecular weight excluding hydrogens is 252 g/mol. The number of rotatable bonds is 14. The van der Waals surface area contributed by atoms with Crippen LogP contribution in [0.2, 0.25) is 0 Å². The van der Waals surface area contributed by atoms with Gasteiger partial charge in [0.15, 0.2) is 0 Å². The smallest absolute Gasteiger partial charge is 0.317 e. The maximum absolute atomic E-state index is 10.7. The van der Waals surface area contributed by atoms with E-state index in [0.717, 1.165) is 13.0 Å². The second kappa shape index (κ2) is 13.4. The molecular formula is C16H34N2O2. The summed E-state index contributed by atoms with van der Waals surface area (Å²) < 4.78 is 0. The van der Waals surface area contributed by atoms with Gasteiger partial charge in [0.1, 0.15) is 0 Å². The van der Waals surface area contributed by atoms with Crippen LogP contribution in [-0.2, 0) is 4.79 Å². The first-order valence-electron chi connectivity index (χ1n) is 8.29. The van der Waals surface area contributed by atoms with Crippen molar-refractivity contribution in [3.05, 3.63) is 0 Å². The van der Waals surface area contributed by atoms with Crippen LogP contribution in [0, 0.1) is 0 Å². The van der Waals surface area contributed by atoms with Crippen LogP contribution >= 0.6 is 0 Å². The summed E-state index contributed by atoms with van der Waals surface area (Å²) >= 11 is 0. The summed E-state index contributed by atoms with van der Waals surface area (Å²) in [4.78, 5) is 12.5. The molecule has 1 atom stereocenters. The zero-order valence-electron chi connectivity index (χ0n) is 13.4. The van der Waals surface area contributed by atoms with Crippen molar-refractivity contribution < 1.29 is 9.90 Å². The third-order valence-electron chi connectivity index (χ3n) is 3.71. The van der Waals surface area contributed by atoms with E-state index in [1.165, 1.54) is 57.8 Å². The number of nitrogens with two attached hydrogens (primary N) is 1. The Balaban J connectivity index is 3.39. The topological polar surface area (TPSA) is 66.6 Å². The number of unbranched alkanes of at least 4 members (excludes halogenated alkanes) is 9. The Bertz CT molecular complexity index is 233. The van der Waals surface area contributed by atoms with E-state index in [0.29, 0.717) is 0 Å². The minimum atomic E-state index is -0.797. The monoisotopic (exact) mass is 286 g/mol. The minimum Gasteiger partial charge on any atom is -0.480 e. The van der Waals surface area contributed by atoms with E-state index in [-0.39, 0.29) is 12.7 Å². The predicted octanol–water partition coefficient (Wildman–Crippen LogP) is 3.60. The Morgan fingerprint density at radius 1 is 1.00 bits per heavy atom. The zero-order chi connectivity index (χ0) is 15.2. The van der Waals surface area contributed by atoms with Crippen LogP contribution in [0.25, 0.3) is 0 Å². The SMILES string of the molecule is CCCCCCCCCCCCN(CC(=O)O)C(C)N. The number of carboxylic acids is 1. The lowest BCUT2D eigenvalue weighted by atomic mass is 10.1. The molecule has 0 rings (SSSR count). The summed E-state index contributed by atoms with van der Waals surface area (Å²) in [6, 6.07) is 0. The van der Waals surface area contributed by atoms with Crippen LogP contribution in [0.4, 0.5) is 0 Å². The van der Waals surface area contributed by atoms with Gasteiger partial charge in [0.05, 0.1) is 12.7 Å². The molecule has 3 N–H and O–H groups in total. The largest absolute Gasteiger partial charge is 0.480 e. The van der Waals surface area contributed by atoms with E-state index >= 15 is 0 Å². The molecule has 0 aliphatic rings. The van der Waals surface area contributed by atoms with Gasteiger partial charge in [0, 0.05) is 6.54 Å². The fourth-order valence-corrected chi connectivity index (χ4v) is 2.40. The fourth-order valence-electron chi connectivity index (χ4n) is 2.40. The van der Waals surface area contributed by atoms with Crippen molar-refractivity contribution >= 4 is 5.97 Å². The van der Waals surface area contributed by atoms with Gasteiger partial charge in [-0.25, -0.2) is 0 Å². The summed E-state index contributed by atoms with van der Waals surface area (Å²) in [7, 11) is 0. The van der Waals surface area contributed by atoms with Gasteiger partial charge in [-0.05, 0) is 13.3 Å². The van der Waals surface area contributed by atoms with E-state index in [4.69, 9.17) is 10.8 Å². The number of nitrogens with zero attached hydrogens (tertiary/aromatic N) is 1. The molecule has 0 fully saturated rings. The van der Waals surface area contributed by atoms with Crippen molar-refractivity contribution in [2.24, 2.45) is 5.73 Å². The van der Waals surface area contributed by atoms with Crippen LogP contribution in [0.5, 0.6) is 0 Å². The van der Waals surface area contributed by atoms with E-state index in [9.17, 15) is 4.79 Å². The van der Waals surface area contributed by atoms with Gasteiger partial charge in [0.2, 0.25) is 0 Å². The van der Waals surface area contributed by atoms with Crippen LogP contribution in [-0.4, -0.2) is 35.2 Å². The minimum absolute atomic E-state index is 0.0507. The highest BCUT2D eigenvalue weighted by molar-refractivity contribution is 5.69. The summed E-state index contributed by atoms with van der Waals surface area (Å²) in [6.45, 7) is 4.94. The van der Waals surface area contributed by atoms with Crippen molar-refractivity contribution in [1.29, 1.82) is 0 Å². The number of aliphatic carboxylic acids is 1. The van der Waals surface area contributed by atoms with Crippen LogP contribution in [0.1, 0.15) is 78.1 Å². The summed E-state index contributed by atoms with van der Waals surface area (Å²) in [5, 5.41) is 8.80. The third-order valence-corrected chi connectivity index (χ3v) is 3.71. The highest BCUT2D eigenvalue weighted by Gasteiger charge is 2.12. The average molecular weight is 286 g/mol. The molecule has 0 aliphatic carbocycles. The van der Waals surface area contributed by atoms with Crippen molar-refractivity contribution in [3.63, 3.8) is 0 Å². The van der Waals surface area contributed by atoms with E-state index in [1.54, 1.807) is 0 Å². The number of hydrogen-bond acceptors (Lipinski definition) is 3. The molecule has 0 saturated carbocycles. The van der Waals surface area contributed by atoms with Crippen LogP contribution in [0.3, 0.4) is 0 Å². The lowest BCUT2D eigenvalue weighted by Crippen LogP contribution is -2.43. The molecule has 4 heteroatoms. The molecule has 1 unspecified atom stereocenters. The Morgan fingerprint density at radius 3 is 1.85 bits per heavy atom. The molecule has 0 aromatic carbocycles. The Labute approximate surface area is 124 Å². The first kappa shape index (κ1) is 19.4. The fraction of sp³-hybridized carbons (Fsp3) is 0.938. The van der Waals surface area contributed by atoms with Crippen molar-refractivity contribution in [2.75, 3.05) is 13.1 Å². The molecule has 20 heavy (non-hydrogen) atoms. The quantitative estimate of drug-likeness (QED) is 0.378. The zero-order valence-corrected chi connectivity index (χ0v) is 13.4. The molecule has 0 aromatic rings. The number of carboxylic acid groups (broad SMARTS) is 1. The van der Waals surface area contributed by atoms with Gasteiger partial charge in [0.25, 0.3) is 0 Å². The summed E-state index contributed by atoms with van der Waals surface area (Å²) in [6.07, 6.45) is 12.8. The Morgan fingerprint density at radius 2 is 1.45 bits per heavy atom. The molecule has 0 radical (unpaired) electrons. The number of hydrogen-bond donors (Lipinski definition) is 2. The molecule has 0 spiro atoms. The maximum Gasteiger partial charge on any atom is 0.317 e. The molecule has 120 valence electrons. The average Bonchev–Trinajstić information content (AvgIpc) is 2.39. The maximum atomic E-state index is 10.7. The van der Waals surface area contributed by atoms with Gasteiger partial charge in [-0.3, -0.25) is 9.69 Å².